The highest BCUT2D eigenvalue weighted by Gasteiger charge is 2.51. The quantitative estimate of drug-likeness (QED) is 0.443. The molecule has 0 bridgehead atoms. The Kier molecular flexibility index (Phi) is 7.60. The molecule has 0 unspecified atom stereocenters. The Hall–Kier alpha value is -1.99. The molecular weight excluding hydrogens is 420 g/mol. The molecule has 1 saturated heterocycles. The predicted molar refractivity (Wildman–Crippen MR) is 129 cm³/mol. The van der Waals surface area contributed by atoms with E-state index in [9.17, 15) is 4.79 Å². The third-order valence-electron chi connectivity index (χ3n) is 5.84. The van der Waals surface area contributed by atoms with E-state index in [0.717, 1.165) is 0 Å². The molecule has 2 atom stereocenters. The van der Waals surface area contributed by atoms with E-state index in [0.29, 0.717) is 19.6 Å². The zero-order chi connectivity index (χ0) is 23.4. The van der Waals surface area contributed by atoms with Crippen molar-refractivity contribution in [2.75, 3.05) is 13.2 Å². The minimum Gasteiger partial charge on any atom is -0.464 e. The van der Waals surface area contributed by atoms with Gasteiger partial charge in [0.2, 0.25) is 0 Å². The maximum Gasteiger partial charge on any atom is 0.338 e. The van der Waals surface area contributed by atoms with Gasteiger partial charge in [-0.25, -0.2) is 4.79 Å². The molecule has 1 fully saturated rings. The van der Waals surface area contributed by atoms with Crippen LogP contribution >= 0.6 is 0 Å². The van der Waals surface area contributed by atoms with Gasteiger partial charge >= 0.3 is 5.97 Å². The Balaban J connectivity index is 1.89. The lowest BCUT2D eigenvalue weighted by atomic mass is 10.1. The van der Waals surface area contributed by atoms with Gasteiger partial charge in [-0.1, -0.05) is 81.4 Å². The smallest absolute Gasteiger partial charge is 0.338 e. The monoisotopic (exact) mass is 456 g/mol. The van der Waals surface area contributed by atoms with E-state index < -0.39 is 26.3 Å². The first-order valence-corrected chi connectivity index (χ1v) is 13.3. The molecule has 0 N–H and O–H groups in total. The zero-order valence-corrected chi connectivity index (χ0v) is 21.1. The van der Waals surface area contributed by atoms with Crippen molar-refractivity contribution in [2.45, 2.75) is 71.0 Å². The number of esters is 1. The number of benzene rings is 2. The summed E-state index contributed by atoms with van der Waals surface area (Å²) in [7, 11) is -2.63. The Morgan fingerprint density at radius 3 is 1.97 bits per heavy atom. The van der Waals surface area contributed by atoms with E-state index in [1.165, 1.54) is 10.4 Å². The van der Waals surface area contributed by atoms with Gasteiger partial charge in [0.25, 0.3) is 8.32 Å². The fraction of sp³-hybridized carbons (Fsp3) is 0.500. The molecule has 3 rings (SSSR count). The topological polar surface area (TPSA) is 54.0 Å². The van der Waals surface area contributed by atoms with Crippen LogP contribution in [-0.2, 0) is 23.4 Å². The average molecular weight is 457 g/mol. The lowest BCUT2D eigenvalue weighted by Gasteiger charge is -2.43. The Morgan fingerprint density at radius 1 is 0.969 bits per heavy atom. The van der Waals surface area contributed by atoms with Crippen LogP contribution in [0.25, 0.3) is 0 Å². The second-order valence-electron chi connectivity index (χ2n) is 9.65. The molecule has 1 aliphatic rings. The maximum absolute atomic E-state index is 12.4. The van der Waals surface area contributed by atoms with Gasteiger partial charge in [-0.15, -0.1) is 0 Å². The van der Waals surface area contributed by atoms with E-state index >= 15 is 0 Å². The number of ether oxygens (including phenoxy) is 3. The van der Waals surface area contributed by atoms with Crippen LogP contribution in [0.3, 0.4) is 0 Å². The van der Waals surface area contributed by atoms with E-state index in [2.05, 4.69) is 69.3 Å². The molecular formula is C26H36O5Si. The van der Waals surface area contributed by atoms with Crippen molar-refractivity contribution in [3.63, 3.8) is 0 Å². The Labute approximate surface area is 193 Å². The first-order chi connectivity index (χ1) is 15.1. The molecule has 0 spiro atoms. The zero-order valence-electron chi connectivity index (χ0n) is 20.1. The van der Waals surface area contributed by atoms with Gasteiger partial charge in [0.1, 0.15) is 6.10 Å². The molecule has 0 radical (unpaired) electrons. The third-order valence-corrected chi connectivity index (χ3v) is 10.9. The molecule has 0 saturated carbocycles. The first kappa shape index (κ1) is 24.6. The highest BCUT2D eigenvalue weighted by atomic mass is 28.4. The number of hydrogen-bond donors (Lipinski definition) is 0. The van der Waals surface area contributed by atoms with Gasteiger partial charge in [0.15, 0.2) is 11.9 Å². The molecule has 0 aromatic heterocycles. The molecule has 0 amide bonds. The summed E-state index contributed by atoms with van der Waals surface area (Å²) in [5.74, 6) is -1.21. The van der Waals surface area contributed by atoms with Crippen molar-refractivity contribution in [1.29, 1.82) is 0 Å². The summed E-state index contributed by atoms with van der Waals surface area (Å²) in [5, 5.41) is 2.34. The number of hydrogen-bond acceptors (Lipinski definition) is 5. The van der Waals surface area contributed by atoms with Crippen LogP contribution in [0.5, 0.6) is 0 Å². The molecule has 2 aromatic carbocycles. The van der Waals surface area contributed by atoms with Crippen molar-refractivity contribution in [3.8, 4) is 0 Å². The van der Waals surface area contributed by atoms with Crippen LogP contribution in [0.1, 0.15) is 48.0 Å². The van der Waals surface area contributed by atoms with Crippen LogP contribution in [0, 0.1) is 0 Å². The van der Waals surface area contributed by atoms with Gasteiger partial charge in [0.05, 0.1) is 6.61 Å². The Bertz CT molecular complexity index is 837. The van der Waals surface area contributed by atoms with Gasteiger partial charge in [-0.3, -0.25) is 0 Å². The van der Waals surface area contributed by atoms with Crippen LogP contribution in [-0.4, -0.2) is 45.5 Å². The van der Waals surface area contributed by atoms with E-state index in [4.69, 9.17) is 18.6 Å². The minimum atomic E-state index is -2.63. The molecule has 2 aromatic rings. The lowest BCUT2D eigenvalue weighted by molar-refractivity contribution is -0.170. The SMILES string of the molecule is CCOC(=O)[C@H]1OC(C)(C)O[C@@H]1CCO[Si](c1ccccc1)(c1ccccc1)C(C)(C)C. The Morgan fingerprint density at radius 2 is 1.50 bits per heavy atom. The normalized spacial score (nSPS) is 20.8. The van der Waals surface area contributed by atoms with Crippen molar-refractivity contribution in [3.05, 3.63) is 60.7 Å². The first-order valence-electron chi connectivity index (χ1n) is 11.4. The summed E-state index contributed by atoms with van der Waals surface area (Å²) in [6, 6.07) is 21.0. The predicted octanol–water partition coefficient (Wildman–Crippen LogP) is 4.04. The van der Waals surface area contributed by atoms with Crippen molar-refractivity contribution >= 4 is 24.7 Å². The van der Waals surface area contributed by atoms with Gasteiger partial charge in [0, 0.05) is 6.61 Å². The highest BCUT2D eigenvalue weighted by Crippen LogP contribution is 2.37. The average Bonchev–Trinajstić information content (AvgIpc) is 3.06. The van der Waals surface area contributed by atoms with Crippen molar-refractivity contribution in [2.24, 2.45) is 0 Å². The second kappa shape index (κ2) is 9.87. The van der Waals surface area contributed by atoms with Gasteiger partial charge in [-0.2, -0.15) is 0 Å². The lowest BCUT2D eigenvalue weighted by Crippen LogP contribution is -2.66. The fourth-order valence-electron chi connectivity index (χ4n) is 4.56. The van der Waals surface area contributed by atoms with Crippen LogP contribution < -0.4 is 10.4 Å². The molecule has 6 heteroatoms. The number of carbonyl (C=O) groups is 1. The molecule has 0 aliphatic carbocycles. The molecule has 5 nitrogen and oxygen atoms in total. The molecule has 174 valence electrons. The summed E-state index contributed by atoms with van der Waals surface area (Å²) in [6.45, 7) is 12.9. The molecule has 1 aliphatic heterocycles. The summed E-state index contributed by atoms with van der Waals surface area (Å²) in [5.41, 5.74) is 0. The van der Waals surface area contributed by atoms with E-state index in [1.807, 2.05) is 26.0 Å². The van der Waals surface area contributed by atoms with Crippen LogP contribution in [0.15, 0.2) is 60.7 Å². The number of rotatable bonds is 8. The van der Waals surface area contributed by atoms with Crippen LogP contribution in [0.4, 0.5) is 0 Å². The largest absolute Gasteiger partial charge is 0.464 e. The van der Waals surface area contributed by atoms with Crippen molar-refractivity contribution in [1.82, 2.24) is 0 Å². The fourth-order valence-corrected chi connectivity index (χ4v) is 9.14. The van der Waals surface area contributed by atoms with E-state index in [-0.39, 0.29) is 11.0 Å². The second-order valence-corrected chi connectivity index (χ2v) is 14.0. The molecule has 1 heterocycles. The summed E-state index contributed by atoms with van der Waals surface area (Å²) >= 11 is 0. The minimum absolute atomic E-state index is 0.109. The standard InChI is InChI=1S/C26H36O5Si/c1-7-28-24(27)23-22(30-26(5,6)31-23)18-19-29-32(25(2,3)4,20-14-10-8-11-15-20)21-16-12-9-13-17-21/h8-17,22-23H,7,18-19H2,1-6H3/t22-,23+/m1/s1. The maximum atomic E-state index is 12.4. The third kappa shape index (κ3) is 5.15. The van der Waals surface area contributed by atoms with Crippen LogP contribution in [0.2, 0.25) is 5.04 Å². The van der Waals surface area contributed by atoms with Gasteiger partial charge in [-0.05, 0) is 42.6 Å². The summed E-state index contributed by atoms with van der Waals surface area (Å²) < 4.78 is 24.1. The molecule has 32 heavy (non-hydrogen) atoms. The summed E-state index contributed by atoms with van der Waals surface area (Å²) in [4.78, 5) is 12.4. The van der Waals surface area contributed by atoms with E-state index in [1.54, 1.807) is 6.92 Å². The summed E-state index contributed by atoms with van der Waals surface area (Å²) in [6.07, 6.45) is -0.618. The highest BCUT2D eigenvalue weighted by molar-refractivity contribution is 6.99. The number of carbonyl (C=O) groups excluding carboxylic acids is 1. The van der Waals surface area contributed by atoms with Crippen molar-refractivity contribution < 1.29 is 23.4 Å². The van der Waals surface area contributed by atoms with Gasteiger partial charge < -0.3 is 18.6 Å².